The maximum Gasteiger partial charge on any atom is 0.276 e. The Bertz CT molecular complexity index is 116. The molecule has 0 unspecified atom stereocenters. The Kier molecular flexibility index (Phi) is 4.04. The van der Waals surface area contributed by atoms with Gasteiger partial charge in [0.2, 0.25) is 0 Å². The highest BCUT2D eigenvalue weighted by molar-refractivity contribution is 4.79. The van der Waals surface area contributed by atoms with Crippen LogP contribution in [0.15, 0.2) is 0 Å². The van der Waals surface area contributed by atoms with E-state index >= 15 is 0 Å². The van der Waals surface area contributed by atoms with Crippen molar-refractivity contribution in [3.05, 3.63) is 0 Å². The van der Waals surface area contributed by atoms with Crippen molar-refractivity contribution in [1.29, 1.82) is 0 Å². The second kappa shape index (κ2) is 4.13. The summed E-state index contributed by atoms with van der Waals surface area (Å²) in [6, 6.07) is 0. The fourth-order valence-corrected chi connectivity index (χ4v) is 0.821. The average Bonchev–Trinajstić information content (AvgIpc) is 1.99. The van der Waals surface area contributed by atoms with Crippen LogP contribution in [0.2, 0.25) is 0 Å². The predicted octanol–water partition coefficient (Wildman–Crippen LogP) is -3.03. The molecule has 0 bridgehead atoms. The summed E-state index contributed by atoms with van der Waals surface area (Å²) in [6.07, 6.45) is -0.719. The first-order chi connectivity index (χ1) is 5.39. The highest BCUT2D eigenvalue weighted by Crippen LogP contribution is 2.24. The Morgan fingerprint density at radius 2 is 1.08 bits per heavy atom. The van der Waals surface area contributed by atoms with E-state index in [2.05, 4.69) is 0 Å². The van der Waals surface area contributed by atoms with Gasteiger partial charge in [-0.3, -0.25) is 0 Å². The largest absolute Gasteiger partial charge is 0.396 e. The predicted molar refractivity (Wildman–Crippen MR) is 37.7 cm³/mol. The van der Waals surface area contributed by atoms with Gasteiger partial charge in [0.15, 0.2) is 0 Å². The van der Waals surface area contributed by atoms with Crippen molar-refractivity contribution in [2.75, 3.05) is 19.8 Å². The lowest BCUT2D eigenvalue weighted by molar-refractivity contribution is -0.331. The normalized spacial score (nSPS) is 13.5. The van der Waals surface area contributed by atoms with Crippen LogP contribution in [0, 0.1) is 5.41 Å². The summed E-state index contributed by atoms with van der Waals surface area (Å²) in [4.78, 5) is 0. The fraction of sp³-hybridized carbons (Fsp3) is 1.00. The molecule has 0 heterocycles. The van der Waals surface area contributed by atoms with Crippen LogP contribution < -0.4 is 0 Å². The van der Waals surface area contributed by atoms with Crippen LogP contribution in [0.25, 0.3) is 0 Å². The lowest BCUT2D eigenvalue weighted by atomic mass is 9.86. The molecule has 0 aliphatic carbocycles. The second-order valence-corrected chi connectivity index (χ2v) is 2.93. The fourth-order valence-electron chi connectivity index (χ4n) is 0.821. The van der Waals surface area contributed by atoms with Crippen molar-refractivity contribution in [2.45, 2.75) is 12.4 Å². The van der Waals surface area contributed by atoms with Gasteiger partial charge in [0.05, 0.1) is 19.8 Å². The van der Waals surface area contributed by atoms with Crippen LogP contribution in [-0.4, -0.2) is 56.4 Å². The van der Waals surface area contributed by atoms with Crippen LogP contribution in [0.4, 0.5) is 0 Å². The Balaban J connectivity index is 4.30. The molecule has 6 N–H and O–H groups in total. The van der Waals surface area contributed by atoms with E-state index in [4.69, 9.17) is 30.6 Å². The van der Waals surface area contributed by atoms with Gasteiger partial charge in [0.25, 0.3) is 5.97 Å². The van der Waals surface area contributed by atoms with E-state index < -0.39 is 37.6 Å². The quantitative estimate of drug-likeness (QED) is 0.251. The van der Waals surface area contributed by atoms with Crippen LogP contribution in [0.5, 0.6) is 0 Å². The molecule has 0 saturated heterocycles. The van der Waals surface area contributed by atoms with Crippen LogP contribution in [-0.2, 0) is 0 Å². The molecule has 0 aliphatic heterocycles. The van der Waals surface area contributed by atoms with Gasteiger partial charge >= 0.3 is 0 Å². The van der Waals surface area contributed by atoms with Gasteiger partial charge in [-0.25, -0.2) is 0 Å². The van der Waals surface area contributed by atoms with E-state index in [9.17, 15) is 0 Å². The average molecular weight is 182 g/mol. The van der Waals surface area contributed by atoms with E-state index in [1.165, 1.54) is 0 Å². The molecule has 0 aromatic carbocycles. The van der Waals surface area contributed by atoms with Gasteiger partial charge in [-0.05, 0) is 0 Å². The van der Waals surface area contributed by atoms with E-state index in [0.717, 1.165) is 0 Å². The summed E-state index contributed by atoms with van der Waals surface area (Å²) >= 11 is 0. The molecular weight excluding hydrogens is 168 g/mol. The van der Waals surface area contributed by atoms with Crippen molar-refractivity contribution in [2.24, 2.45) is 5.41 Å². The lowest BCUT2D eigenvalue weighted by Gasteiger charge is -2.30. The van der Waals surface area contributed by atoms with Gasteiger partial charge in [-0.15, -0.1) is 0 Å². The molecule has 0 aromatic heterocycles. The maximum absolute atomic E-state index is 8.69. The molecule has 6 nitrogen and oxygen atoms in total. The molecule has 0 aliphatic rings. The van der Waals surface area contributed by atoms with E-state index in [-0.39, 0.29) is 0 Å². The minimum Gasteiger partial charge on any atom is -0.396 e. The number of aliphatic hydroxyl groups excluding tert-OH is 3. The van der Waals surface area contributed by atoms with Crippen LogP contribution in [0.1, 0.15) is 6.42 Å². The summed E-state index contributed by atoms with van der Waals surface area (Å²) in [6.45, 7) is -1.95. The maximum atomic E-state index is 8.69. The molecule has 0 fully saturated rings. The van der Waals surface area contributed by atoms with Gasteiger partial charge in [-0.1, -0.05) is 0 Å². The molecule has 6 heteroatoms. The second-order valence-electron chi connectivity index (χ2n) is 2.93. The molecule has 0 amide bonds. The molecule has 0 radical (unpaired) electrons. The van der Waals surface area contributed by atoms with Crippen LogP contribution >= 0.6 is 0 Å². The Morgan fingerprint density at radius 1 is 0.750 bits per heavy atom. The summed E-state index contributed by atoms with van der Waals surface area (Å²) in [7, 11) is 0. The molecule has 0 saturated carbocycles. The zero-order chi connectivity index (χ0) is 9.83. The van der Waals surface area contributed by atoms with Crippen molar-refractivity contribution >= 4 is 0 Å². The summed E-state index contributed by atoms with van der Waals surface area (Å²) in [5, 5.41) is 51.6. The Hall–Kier alpha value is -0.240. The van der Waals surface area contributed by atoms with E-state index in [1.54, 1.807) is 0 Å². The summed E-state index contributed by atoms with van der Waals surface area (Å²) < 4.78 is 0. The van der Waals surface area contributed by atoms with Crippen molar-refractivity contribution in [3.63, 3.8) is 0 Å². The molecule has 0 rings (SSSR count). The third-order valence-electron chi connectivity index (χ3n) is 1.62. The smallest absolute Gasteiger partial charge is 0.276 e. The number of rotatable bonds is 5. The zero-order valence-electron chi connectivity index (χ0n) is 6.51. The number of aliphatic hydroxyl groups is 6. The zero-order valence-corrected chi connectivity index (χ0v) is 6.51. The monoisotopic (exact) mass is 182 g/mol. The number of hydrogen-bond acceptors (Lipinski definition) is 6. The Labute approximate surface area is 69.3 Å². The third-order valence-corrected chi connectivity index (χ3v) is 1.62. The first-order valence-corrected chi connectivity index (χ1v) is 3.39. The standard InChI is InChI=1S/C6H14O6/c7-2-5(3-8,4-9)1-6(10,11)12/h7-12H,1-4H2. The summed E-state index contributed by atoms with van der Waals surface area (Å²) in [5.74, 6) is -2.99. The Morgan fingerprint density at radius 3 is 1.17 bits per heavy atom. The molecule has 0 spiro atoms. The minimum absolute atomic E-state index is 0.649. The van der Waals surface area contributed by atoms with Crippen LogP contribution in [0.3, 0.4) is 0 Å². The SMILES string of the molecule is OCC(CO)(CO)CC(O)(O)O. The highest BCUT2D eigenvalue weighted by atomic mass is 16.7. The molecule has 74 valence electrons. The molecule has 0 aromatic rings. The molecule has 12 heavy (non-hydrogen) atoms. The highest BCUT2D eigenvalue weighted by Gasteiger charge is 2.37. The first kappa shape index (κ1) is 11.8. The minimum atomic E-state index is -2.99. The first-order valence-electron chi connectivity index (χ1n) is 3.39. The molecule has 0 atom stereocenters. The van der Waals surface area contributed by atoms with Gasteiger partial charge in [-0.2, -0.15) is 0 Å². The number of hydrogen-bond donors (Lipinski definition) is 6. The van der Waals surface area contributed by atoms with Crippen molar-refractivity contribution < 1.29 is 30.6 Å². The van der Waals surface area contributed by atoms with Crippen molar-refractivity contribution in [3.8, 4) is 0 Å². The lowest BCUT2D eigenvalue weighted by Crippen LogP contribution is -2.43. The topological polar surface area (TPSA) is 121 Å². The summed E-state index contributed by atoms with van der Waals surface area (Å²) in [5.41, 5.74) is -1.47. The molecular formula is C6H14O6. The van der Waals surface area contributed by atoms with Gasteiger partial charge in [0.1, 0.15) is 0 Å². The van der Waals surface area contributed by atoms with Crippen molar-refractivity contribution in [1.82, 2.24) is 0 Å². The third kappa shape index (κ3) is 3.44. The van der Waals surface area contributed by atoms with Gasteiger partial charge in [0, 0.05) is 11.8 Å². The van der Waals surface area contributed by atoms with Gasteiger partial charge < -0.3 is 30.6 Å². The van der Waals surface area contributed by atoms with E-state index in [0.29, 0.717) is 0 Å². The van der Waals surface area contributed by atoms with E-state index in [1.807, 2.05) is 0 Å².